The Labute approximate surface area is 152 Å². The van der Waals surface area contributed by atoms with E-state index in [0.29, 0.717) is 5.57 Å². The number of fused-ring (bicyclic) bond motifs is 1. The lowest BCUT2D eigenvalue weighted by Gasteiger charge is -2.27. The van der Waals surface area contributed by atoms with Gasteiger partial charge in [0.15, 0.2) is 6.23 Å². The number of rotatable bonds is 2. The molecular weight excluding hydrogens is 320 g/mol. The van der Waals surface area contributed by atoms with E-state index in [2.05, 4.69) is 47.8 Å². The van der Waals surface area contributed by atoms with Gasteiger partial charge in [0.2, 0.25) is 0 Å². The van der Waals surface area contributed by atoms with Gasteiger partial charge in [0, 0.05) is 11.1 Å². The number of aliphatic hydroxyl groups excluding tert-OH is 1. The van der Waals surface area contributed by atoms with Crippen LogP contribution in [0.3, 0.4) is 0 Å². The molecule has 0 saturated heterocycles. The lowest BCUT2D eigenvalue weighted by Crippen LogP contribution is -2.26. The van der Waals surface area contributed by atoms with Crippen molar-refractivity contribution in [2.45, 2.75) is 13.2 Å². The molecule has 1 atom stereocenters. The molecule has 0 radical (unpaired) electrons. The third-order valence-corrected chi connectivity index (χ3v) is 4.81. The van der Waals surface area contributed by atoms with E-state index in [4.69, 9.17) is 0 Å². The summed E-state index contributed by atoms with van der Waals surface area (Å²) in [7, 11) is 0. The molecule has 0 bridgehead atoms. The number of nitriles is 1. The summed E-state index contributed by atoms with van der Waals surface area (Å²) in [5.74, 6) is 0. The Hall–Kier alpha value is -3.35. The Kier molecular flexibility index (Phi) is 4.04. The molecule has 1 heterocycles. The van der Waals surface area contributed by atoms with Crippen molar-refractivity contribution in [3.63, 3.8) is 0 Å². The van der Waals surface area contributed by atoms with Crippen LogP contribution in [0, 0.1) is 11.3 Å². The highest BCUT2D eigenvalue weighted by Gasteiger charge is 2.26. The van der Waals surface area contributed by atoms with Crippen LogP contribution >= 0.6 is 0 Å². The molecule has 0 saturated carbocycles. The Balaban J connectivity index is 2.02. The number of allylic oxidation sites excluding steroid dienone is 1. The van der Waals surface area contributed by atoms with Crippen molar-refractivity contribution in [3.8, 4) is 28.3 Å². The first-order valence-electron chi connectivity index (χ1n) is 8.54. The third kappa shape index (κ3) is 2.67. The van der Waals surface area contributed by atoms with Gasteiger partial charge in [-0.1, -0.05) is 60.7 Å². The van der Waals surface area contributed by atoms with Crippen LogP contribution in [-0.4, -0.2) is 11.3 Å². The Bertz CT molecular complexity index is 1030. The van der Waals surface area contributed by atoms with Crippen molar-refractivity contribution >= 4 is 11.3 Å². The van der Waals surface area contributed by atoms with E-state index in [0.717, 1.165) is 39.1 Å². The molecule has 1 unspecified atom stereocenters. The average Bonchev–Trinajstić information content (AvgIpc) is 2.69. The summed E-state index contributed by atoms with van der Waals surface area (Å²) in [5, 5.41) is 22.9. The largest absolute Gasteiger partial charge is 0.369 e. The molecule has 0 fully saturated rings. The SMILES string of the molecule is CC1=C(C#N)C(O)Nc2c1cc(-c1ccccc1)cc2-c1ccccc1. The lowest BCUT2D eigenvalue weighted by molar-refractivity contribution is 0.244. The third-order valence-electron chi connectivity index (χ3n) is 4.81. The van der Waals surface area contributed by atoms with Crippen molar-refractivity contribution in [1.29, 1.82) is 5.26 Å². The number of hydrogen-bond donors (Lipinski definition) is 2. The van der Waals surface area contributed by atoms with Crippen molar-refractivity contribution < 1.29 is 5.11 Å². The number of anilines is 1. The van der Waals surface area contributed by atoms with Crippen molar-refractivity contribution in [1.82, 2.24) is 0 Å². The van der Waals surface area contributed by atoms with E-state index < -0.39 is 6.23 Å². The van der Waals surface area contributed by atoms with Gasteiger partial charge in [-0.3, -0.25) is 0 Å². The van der Waals surface area contributed by atoms with E-state index in [-0.39, 0.29) is 0 Å². The van der Waals surface area contributed by atoms with Gasteiger partial charge in [0.25, 0.3) is 0 Å². The summed E-state index contributed by atoms with van der Waals surface area (Å²) in [6.07, 6.45) is -0.988. The second-order valence-electron chi connectivity index (χ2n) is 6.38. The maximum absolute atomic E-state index is 10.4. The van der Waals surface area contributed by atoms with Crippen LogP contribution in [0.4, 0.5) is 5.69 Å². The first-order valence-corrected chi connectivity index (χ1v) is 8.54. The Morgan fingerprint density at radius 2 is 1.42 bits per heavy atom. The van der Waals surface area contributed by atoms with E-state index in [9.17, 15) is 10.4 Å². The predicted octanol–water partition coefficient (Wildman–Crippen LogP) is 5.06. The maximum Gasteiger partial charge on any atom is 0.161 e. The Morgan fingerprint density at radius 3 is 2.04 bits per heavy atom. The summed E-state index contributed by atoms with van der Waals surface area (Å²) in [4.78, 5) is 0. The molecule has 26 heavy (non-hydrogen) atoms. The minimum Gasteiger partial charge on any atom is -0.369 e. The van der Waals surface area contributed by atoms with Crippen LogP contribution in [0.5, 0.6) is 0 Å². The minimum atomic E-state index is -0.988. The topological polar surface area (TPSA) is 56.0 Å². The number of aliphatic hydroxyl groups is 1. The fourth-order valence-corrected chi connectivity index (χ4v) is 3.44. The molecule has 4 rings (SSSR count). The Morgan fingerprint density at radius 1 is 0.846 bits per heavy atom. The highest BCUT2D eigenvalue weighted by molar-refractivity contribution is 5.95. The molecule has 126 valence electrons. The molecule has 0 spiro atoms. The second-order valence-corrected chi connectivity index (χ2v) is 6.38. The predicted molar refractivity (Wildman–Crippen MR) is 105 cm³/mol. The highest BCUT2D eigenvalue weighted by atomic mass is 16.3. The van der Waals surface area contributed by atoms with Crippen molar-refractivity contribution in [3.05, 3.63) is 83.9 Å². The van der Waals surface area contributed by atoms with Crippen LogP contribution in [0.15, 0.2) is 78.4 Å². The van der Waals surface area contributed by atoms with Crippen molar-refractivity contribution in [2.75, 3.05) is 5.32 Å². The van der Waals surface area contributed by atoms with Crippen LogP contribution in [-0.2, 0) is 0 Å². The standard InChI is InChI=1S/C23H18N2O/c1-15-19-12-18(16-8-4-2-5-9-16)13-20(17-10-6-3-7-11-17)22(19)25-23(26)21(15)14-24/h2-13,23,25-26H,1H3. The van der Waals surface area contributed by atoms with Gasteiger partial charge in [0.1, 0.15) is 0 Å². The monoisotopic (exact) mass is 338 g/mol. The van der Waals surface area contributed by atoms with E-state index >= 15 is 0 Å². The molecule has 3 nitrogen and oxygen atoms in total. The van der Waals surface area contributed by atoms with Crippen LogP contribution < -0.4 is 5.32 Å². The summed E-state index contributed by atoms with van der Waals surface area (Å²) in [6, 6.07) is 26.6. The second kappa shape index (κ2) is 6.51. The van der Waals surface area contributed by atoms with E-state index in [1.165, 1.54) is 0 Å². The lowest BCUT2D eigenvalue weighted by atomic mass is 9.87. The van der Waals surface area contributed by atoms with Gasteiger partial charge in [-0.15, -0.1) is 0 Å². The van der Waals surface area contributed by atoms with Gasteiger partial charge >= 0.3 is 0 Å². The van der Waals surface area contributed by atoms with Crippen LogP contribution in [0.25, 0.3) is 27.8 Å². The normalized spacial score (nSPS) is 15.8. The maximum atomic E-state index is 10.4. The smallest absolute Gasteiger partial charge is 0.161 e. The number of nitrogens with zero attached hydrogens (tertiary/aromatic N) is 1. The summed E-state index contributed by atoms with van der Waals surface area (Å²) in [5.41, 5.74) is 7.26. The fraction of sp³-hybridized carbons (Fsp3) is 0.0870. The molecule has 0 aliphatic carbocycles. The van der Waals surface area contributed by atoms with Gasteiger partial charge in [-0.2, -0.15) is 5.26 Å². The van der Waals surface area contributed by atoms with Crippen molar-refractivity contribution in [2.24, 2.45) is 0 Å². The van der Waals surface area contributed by atoms with Gasteiger partial charge in [-0.05, 0) is 41.3 Å². The zero-order valence-electron chi connectivity index (χ0n) is 14.4. The molecule has 0 aromatic heterocycles. The molecule has 3 aromatic rings. The molecule has 3 aromatic carbocycles. The molecular formula is C23H18N2O. The molecule has 0 amide bonds. The summed E-state index contributed by atoms with van der Waals surface area (Å²) >= 11 is 0. The molecule has 1 aliphatic heterocycles. The zero-order valence-corrected chi connectivity index (χ0v) is 14.4. The minimum absolute atomic E-state index is 0.363. The van der Waals surface area contributed by atoms with Crippen LogP contribution in [0.1, 0.15) is 12.5 Å². The number of benzene rings is 3. The number of hydrogen-bond acceptors (Lipinski definition) is 3. The van der Waals surface area contributed by atoms with Gasteiger partial charge in [0.05, 0.1) is 17.3 Å². The molecule has 2 N–H and O–H groups in total. The van der Waals surface area contributed by atoms with Gasteiger partial charge in [-0.25, -0.2) is 0 Å². The highest BCUT2D eigenvalue weighted by Crippen LogP contribution is 2.42. The molecule has 3 heteroatoms. The first kappa shape index (κ1) is 16.1. The number of nitrogens with one attached hydrogen (secondary N) is 1. The average molecular weight is 338 g/mol. The van der Waals surface area contributed by atoms with Crippen LogP contribution in [0.2, 0.25) is 0 Å². The first-order chi connectivity index (χ1) is 12.7. The summed E-state index contributed by atoms with van der Waals surface area (Å²) in [6.45, 7) is 1.89. The quantitative estimate of drug-likeness (QED) is 0.686. The van der Waals surface area contributed by atoms with Gasteiger partial charge < -0.3 is 10.4 Å². The van der Waals surface area contributed by atoms with E-state index in [1.54, 1.807) is 0 Å². The fourth-order valence-electron chi connectivity index (χ4n) is 3.44. The van der Waals surface area contributed by atoms with E-state index in [1.807, 2.05) is 43.3 Å². The zero-order chi connectivity index (χ0) is 18.1. The summed E-state index contributed by atoms with van der Waals surface area (Å²) < 4.78 is 0. The molecule has 1 aliphatic rings.